The molecule has 0 spiro atoms. The van der Waals surface area contributed by atoms with Crippen LogP contribution >= 0.6 is 0 Å². The van der Waals surface area contributed by atoms with Gasteiger partial charge in [0.15, 0.2) is 0 Å². The van der Waals surface area contributed by atoms with Gasteiger partial charge in [0.1, 0.15) is 5.78 Å². The van der Waals surface area contributed by atoms with Gasteiger partial charge in [-0.3, -0.25) is 4.79 Å². The summed E-state index contributed by atoms with van der Waals surface area (Å²) in [5.74, 6) is 0.0582. The quantitative estimate of drug-likeness (QED) is 0.644. The molecule has 16 heavy (non-hydrogen) atoms. The van der Waals surface area contributed by atoms with Gasteiger partial charge in [0, 0.05) is 39.1 Å². The molecular formula is C11H13BO3Y-2. The van der Waals surface area contributed by atoms with Crippen LogP contribution in [0, 0.1) is 13.5 Å². The Bertz CT molecular complexity index is 370. The summed E-state index contributed by atoms with van der Waals surface area (Å²) in [4.78, 5) is 10.9. The van der Waals surface area contributed by atoms with Crippen molar-refractivity contribution in [3.8, 4) is 0 Å². The van der Waals surface area contributed by atoms with E-state index in [0.29, 0.717) is 6.42 Å². The predicted octanol–water partition coefficient (Wildman–Crippen LogP) is 0.672. The number of Topliss-reactive ketones (excluding diaryl/α,β-unsaturated/α-hetero) is 1. The Kier molecular flexibility index (Phi) is 6.64. The van der Waals surface area contributed by atoms with Crippen LogP contribution in [0.3, 0.4) is 0 Å². The third-order valence-electron chi connectivity index (χ3n) is 2.31. The van der Waals surface area contributed by atoms with Crippen LogP contribution in [0.2, 0.25) is 0 Å². The maximum Gasteiger partial charge on any atom is 0.416 e. The number of fused-ring (bicyclic) bond motifs is 1. The van der Waals surface area contributed by atoms with Crippen molar-refractivity contribution in [2.45, 2.75) is 19.4 Å². The number of hydrogen-bond donors (Lipinski definition) is 1. The Morgan fingerprint density at radius 2 is 2.38 bits per heavy atom. The van der Waals surface area contributed by atoms with Crippen molar-refractivity contribution in [1.82, 2.24) is 0 Å². The average Bonchev–Trinajstić information content (AvgIpc) is 2.44. The van der Waals surface area contributed by atoms with Crippen LogP contribution in [0.15, 0.2) is 18.2 Å². The minimum Gasteiger partial charge on any atom is -0.434 e. The van der Waals surface area contributed by atoms with E-state index in [-0.39, 0.29) is 52.0 Å². The molecule has 0 saturated carbocycles. The molecule has 1 radical (unpaired) electrons. The molecule has 0 aromatic heterocycles. The summed E-state index contributed by atoms with van der Waals surface area (Å²) in [6.07, 6.45) is 0.0146. The number of ketones is 1. The first-order valence-electron chi connectivity index (χ1n) is 4.51. The summed E-state index contributed by atoms with van der Waals surface area (Å²) in [5, 5.41) is 9.51. The molecule has 1 aromatic carbocycles. The van der Waals surface area contributed by atoms with Gasteiger partial charge in [-0.25, -0.2) is 0 Å². The van der Waals surface area contributed by atoms with E-state index in [4.69, 9.17) is 4.65 Å². The molecule has 0 unspecified atom stereocenters. The van der Waals surface area contributed by atoms with E-state index in [9.17, 15) is 9.82 Å². The van der Waals surface area contributed by atoms with E-state index < -0.39 is 7.12 Å². The van der Waals surface area contributed by atoms with Crippen molar-refractivity contribution in [2.75, 3.05) is 0 Å². The molecule has 1 aliphatic rings. The minimum absolute atomic E-state index is 0. The fourth-order valence-electron chi connectivity index (χ4n) is 1.68. The van der Waals surface area contributed by atoms with Gasteiger partial charge in [-0.2, -0.15) is 24.3 Å². The van der Waals surface area contributed by atoms with Gasteiger partial charge in [0.2, 0.25) is 0 Å². The largest absolute Gasteiger partial charge is 0.434 e. The fraction of sp³-hybridized carbons (Fsp3) is 0.273. The molecule has 0 amide bonds. The SMILES string of the molecule is CC(=O)C[C@H]1OB(O)c2c[c-]ccc21.[CH3-].[Y]. The molecule has 0 fully saturated rings. The zero-order valence-corrected chi connectivity index (χ0v) is 12.3. The van der Waals surface area contributed by atoms with E-state index in [1.807, 2.05) is 6.07 Å². The fourth-order valence-corrected chi connectivity index (χ4v) is 1.68. The van der Waals surface area contributed by atoms with Crippen molar-refractivity contribution in [3.05, 3.63) is 37.3 Å². The maximum atomic E-state index is 10.9. The zero-order chi connectivity index (χ0) is 10.1. The second kappa shape index (κ2) is 6.65. The van der Waals surface area contributed by atoms with Gasteiger partial charge in [-0.15, -0.1) is 11.0 Å². The molecule has 3 nitrogen and oxygen atoms in total. The first-order chi connectivity index (χ1) is 6.68. The van der Waals surface area contributed by atoms with E-state index in [2.05, 4.69) is 6.07 Å². The van der Waals surface area contributed by atoms with E-state index in [0.717, 1.165) is 11.0 Å². The first-order valence-corrected chi connectivity index (χ1v) is 4.51. The Morgan fingerprint density at radius 1 is 1.69 bits per heavy atom. The molecule has 1 heterocycles. The van der Waals surface area contributed by atoms with E-state index >= 15 is 0 Å². The molecule has 5 heteroatoms. The third-order valence-corrected chi connectivity index (χ3v) is 2.31. The van der Waals surface area contributed by atoms with Gasteiger partial charge < -0.3 is 17.1 Å². The van der Waals surface area contributed by atoms with Crippen LogP contribution in [0.4, 0.5) is 0 Å². The van der Waals surface area contributed by atoms with Crippen molar-refractivity contribution in [1.29, 1.82) is 0 Å². The van der Waals surface area contributed by atoms with Crippen molar-refractivity contribution in [2.24, 2.45) is 0 Å². The Morgan fingerprint density at radius 3 is 3.00 bits per heavy atom. The number of rotatable bonds is 2. The van der Waals surface area contributed by atoms with Gasteiger partial charge in [0.05, 0.1) is 6.10 Å². The summed E-state index contributed by atoms with van der Waals surface area (Å²) in [6.45, 7) is 1.52. The second-order valence-electron chi connectivity index (χ2n) is 3.44. The summed E-state index contributed by atoms with van der Waals surface area (Å²) in [5.41, 5.74) is 1.62. The van der Waals surface area contributed by atoms with Crippen LogP contribution in [-0.4, -0.2) is 17.9 Å². The monoisotopic (exact) mass is 293 g/mol. The molecule has 0 bridgehead atoms. The average molecular weight is 293 g/mol. The first kappa shape index (κ1) is 16.0. The summed E-state index contributed by atoms with van der Waals surface area (Å²) < 4.78 is 5.26. The van der Waals surface area contributed by atoms with Gasteiger partial charge >= 0.3 is 7.12 Å². The molecule has 1 atom stereocenters. The molecule has 1 aliphatic heterocycles. The normalized spacial score (nSPS) is 17.1. The van der Waals surface area contributed by atoms with Gasteiger partial charge in [-0.1, -0.05) is 0 Å². The number of benzene rings is 1. The van der Waals surface area contributed by atoms with Crippen LogP contribution in [0.5, 0.6) is 0 Å². The number of carbonyl (C=O) groups excluding carboxylic acids is 1. The topological polar surface area (TPSA) is 46.5 Å². The maximum absolute atomic E-state index is 10.9. The molecule has 0 saturated heterocycles. The summed E-state index contributed by atoms with van der Waals surface area (Å²) >= 11 is 0. The zero-order valence-electron chi connectivity index (χ0n) is 9.43. The Hall–Kier alpha value is -0.0212. The standard InChI is InChI=1S/C10H10BO3.CH3.Y/c1-7(12)6-10-8-4-2-3-5-9(8)11(13)14-10;;/h2,4-5,10,13H,6H2,1H3;1H3;/q2*-1;/t10-;;/m1../s1. The molecule has 2 rings (SSSR count). The van der Waals surface area contributed by atoms with Crippen LogP contribution in [0.1, 0.15) is 25.0 Å². The minimum atomic E-state index is -0.910. The van der Waals surface area contributed by atoms with Gasteiger partial charge in [-0.05, 0) is 6.92 Å². The van der Waals surface area contributed by atoms with Gasteiger partial charge in [0.25, 0.3) is 0 Å². The Balaban J connectivity index is 0.00000112. The smallest absolute Gasteiger partial charge is 0.416 e. The van der Waals surface area contributed by atoms with Crippen LogP contribution < -0.4 is 5.46 Å². The number of carbonyl (C=O) groups is 1. The van der Waals surface area contributed by atoms with Crippen molar-refractivity contribution < 1.29 is 47.2 Å². The third kappa shape index (κ3) is 3.24. The van der Waals surface area contributed by atoms with Crippen LogP contribution in [-0.2, 0) is 42.2 Å². The number of hydrogen-bond acceptors (Lipinski definition) is 3. The molecule has 1 aromatic rings. The second-order valence-corrected chi connectivity index (χ2v) is 3.44. The molecule has 83 valence electrons. The predicted molar refractivity (Wildman–Crippen MR) is 58.4 cm³/mol. The van der Waals surface area contributed by atoms with Crippen molar-refractivity contribution in [3.63, 3.8) is 0 Å². The summed E-state index contributed by atoms with van der Waals surface area (Å²) in [6, 6.07) is 8.16. The molecular weight excluding hydrogens is 280 g/mol. The summed E-state index contributed by atoms with van der Waals surface area (Å²) in [7, 11) is -0.910. The van der Waals surface area contributed by atoms with E-state index in [1.54, 1.807) is 12.1 Å². The molecule has 0 aliphatic carbocycles. The van der Waals surface area contributed by atoms with E-state index in [1.165, 1.54) is 6.92 Å². The van der Waals surface area contributed by atoms with Crippen molar-refractivity contribution >= 4 is 18.4 Å². The Labute approximate surface area is 122 Å². The molecule has 1 N–H and O–H groups in total. The van der Waals surface area contributed by atoms with Crippen LogP contribution in [0.25, 0.3) is 0 Å².